The average molecular weight is 448 g/mol. The van der Waals surface area contributed by atoms with E-state index < -0.39 is 17.3 Å². The Morgan fingerprint density at radius 2 is 1.79 bits per heavy atom. The van der Waals surface area contributed by atoms with E-state index in [9.17, 15) is 18.3 Å². The molecule has 1 aromatic carbocycles. The summed E-state index contributed by atoms with van der Waals surface area (Å²) in [4.78, 5) is 0.235. The van der Waals surface area contributed by atoms with Crippen molar-refractivity contribution in [3.63, 3.8) is 0 Å². The molecular formula is C20H28F3N3OS2. The van der Waals surface area contributed by atoms with Gasteiger partial charge in [-0.3, -0.25) is 0 Å². The molecule has 0 bridgehead atoms. The van der Waals surface area contributed by atoms with Crippen LogP contribution >= 0.6 is 23.1 Å². The van der Waals surface area contributed by atoms with Gasteiger partial charge in [0, 0.05) is 10.5 Å². The van der Waals surface area contributed by atoms with Gasteiger partial charge in [0.1, 0.15) is 10.0 Å². The van der Waals surface area contributed by atoms with Gasteiger partial charge in [0.15, 0.2) is 0 Å². The van der Waals surface area contributed by atoms with Gasteiger partial charge in [-0.05, 0) is 31.2 Å². The number of halogens is 3. The molecule has 2 rings (SSSR count). The third-order valence-electron chi connectivity index (χ3n) is 4.53. The quantitative estimate of drug-likeness (QED) is 0.334. The molecule has 0 aliphatic rings. The number of aromatic nitrogens is 2. The topological polar surface area (TPSA) is 72.0 Å². The zero-order valence-corrected chi connectivity index (χ0v) is 18.4. The van der Waals surface area contributed by atoms with E-state index in [0.717, 1.165) is 36.7 Å². The van der Waals surface area contributed by atoms with Gasteiger partial charge in [0.25, 0.3) is 0 Å². The third kappa shape index (κ3) is 6.94. The van der Waals surface area contributed by atoms with Gasteiger partial charge >= 0.3 is 6.18 Å². The van der Waals surface area contributed by atoms with Crippen molar-refractivity contribution in [2.24, 2.45) is 5.73 Å². The van der Waals surface area contributed by atoms with E-state index in [1.165, 1.54) is 37.1 Å². The molecule has 3 N–H and O–H groups in total. The van der Waals surface area contributed by atoms with Crippen LogP contribution in [0.15, 0.2) is 23.1 Å². The highest BCUT2D eigenvalue weighted by molar-refractivity contribution is 7.99. The molecular weight excluding hydrogens is 419 g/mol. The highest BCUT2D eigenvalue weighted by atomic mass is 32.2. The lowest BCUT2D eigenvalue weighted by Crippen LogP contribution is -2.36. The standard InChI is InChI=1S/C20H28F3N3OS2/c1-3-4-5-6-7-8-11-28-16-10-9-14(12-15(16)20(21,22)23)17-25-26-18(29-17)19(2,24)13-27/h9-10,12,27H,3-8,11,13,24H2,1-2H3/t19-/m0/s1. The normalized spacial score (nSPS) is 14.2. The van der Waals surface area contributed by atoms with Gasteiger partial charge in [-0.15, -0.1) is 22.0 Å². The summed E-state index contributed by atoms with van der Waals surface area (Å²) >= 11 is 2.34. The molecule has 0 amide bonds. The van der Waals surface area contributed by atoms with Crippen molar-refractivity contribution in [3.05, 3.63) is 28.8 Å². The second kappa shape index (κ2) is 10.7. The number of rotatable bonds is 11. The Bertz CT molecular complexity index is 779. The fourth-order valence-corrected chi connectivity index (χ4v) is 4.67. The van der Waals surface area contributed by atoms with E-state index in [4.69, 9.17) is 5.73 Å². The van der Waals surface area contributed by atoms with E-state index >= 15 is 0 Å². The molecule has 0 fully saturated rings. The highest BCUT2D eigenvalue weighted by Gasteiger charge is 2.34. The Hall–Kier alpha value is -1.16. The third-order valence-corrected chi connectivity index (χ3v) is 6.94. The van der Waals surface area contributed by atoms with Crippen LogP contribution in [-0.2, 0) is 11.7 Å². The molecule has 2 aromatic rings. The maximum Gasteiger partial charge on any atom is 0.417 e. The van der Waals surface area contributed by atoms with Gasteiger partial charge in [0.2, 0.25) is 0 Å². The largest absolute Gasteiger partial charge is 0.417 e. The Morgan fingerprint density at radius 3 is 2.45 bits per heavy atom. The zero-order valence-electron chi connectivity index (χ0n) is 16.8. The summed E-state index contributed by atoms with van der Waals surface area (Å²) in [5, 5.41) is 18.0. The minimum absolute atomic E-state index is 0.235. The molecule has 4 nitrogen and oxygen atoms in total. The summed E-state index contributed by atoms with van der Waals surface area (Å²) < 4.78 is 40.8. The van der Waals surface area contributed by atoms with Gasteiger partial charge in [-0.2, -0.15) is 13.2 Å². The molecule has 162 valence electrons. The fraction of sp³-hybridized carbons (Fsp3) is 0.600. The van der Waals surface area contributed by atoms with Gasteiger partial charge < -0.3 is 10.8 Å². The second-order valence-corrected chi connectivity index (χ2v) is 9.43. The maximum atomic E-state index is 13.6. The number of hydrogen-bond donors (Lipinski definition) is 2. The fourth-order valence-electron chi connectivity index (χ4n) is 2.71. The van der Waals surface area contributed by atoms with Crippen molar-refractivity contribution in [1.29, 1.82) is 0 Å². The van der Waals surface area contributed by atoms with Gasteiger partial charge in [-0.25, -0.2) is 0 Å². The number of unbranched alkanes of at least 4 members (excludes halogenated alkanes) is 5. The number of nitrogens with two attached hydrogens (primary N) is 1. The highest BCUT2D eigenvalue weighted by Crippen LogP contribution is 2.40. The van der Waals surface area contributed by atoms with E-state index in [0.29, 0.717) is 21.3 Å². The Balaban J connectivity index is 2.12. The van der Waals surface area contributed by atoms with E-state index in [2.05, 4.69) is 17.1 Å². The monoisotopic (exact) mass is 447 g/mol. The number of aliphatic hydroxyl groups is 1. The van der Waals surface area contributed by atoms with Crippen LogP contribution in [0.1, 0.15) is 62.9 Å². The minimum Gasteiger partial charge on any atom is -0.394 e. The summed E-state index contributed by atoms with van der Waals surface area (Å²) in [6.45, 7) is 3.42. The SMILES string of the molecule is CCCCCCCCSc1ccc(-c2nnc([C@@](C)(N)CO)s2)cc1C(F)(F)F. The van der Waals surface area contributed by atoms with Crippen LogP contribution in [0.25, 0.3) is 10.6 Å². The Kier molecular flexibility index (Phi) is 8.93. The van der Waals surface area contributed by atoms with Crippen LogP contribution in [-0.4, -0.2) is 27.7 Å². The van der Waals surface area contributed by atoms with Crippen LogP contribution in [0.3, 0.4) is 0 Å². The van der Waals surface area contributed by atoms with Crippen LogP contribution in [0.4, 0.5) is 13.2 Å². The minimum atomic E-state index is -4.44. The van der Waals surface area contributed by atoms with Crippen molar-refractivity contribution in [2.45, 2.75) is 69.0 Å². The number of thioether (sulfide) groups is 1. The summed E-state index contributed by atoms with van der Waals surface area (Å²) in [5.41, 5.74) is 4.55. The number of alkyl halides is 3. The van der Waals surface area contributed by atoms with Crippen molar-refractivity contribution >= 4 is 23.1 Å². The first-order valence-electron chi connectivity index (χ1n) is 9.77. The van der Waals surface area contributed by atoms with E-state index in [1.54, 1.807) is 13.0 Å². The summed E-state index contributed by atoms with van der Waals surface area (Å²) in [6.07, 6.45) is 2.21. The average Bonchev–Trinajstić information content (AvgIpc) is 3.18. The van der Waals surface area contributed by atoms with E-state index in [-0.39, 0.29) is 11.5 Å². The maximum absolute atomic E-state index is 13.6. The molecule has 29 heavy (non-hydrogen) atoms. The first kappa shape index (κ1) is 24.1. The molecule has 0 aliphatic heterocycles. The smallest absolute Gasteiger partial charge is 0.394 e. The first-order chi connectivity index (χ1) is 13.7. The van der Waals surface area contributed by atoms with Crippen LogP contribution in [0.2, 0.25) is 0 Å². The van der Waals surface area contributed by atoms with Crippen molar-refractivity contribution in [2.75, 3.05) is 12.4 Å². The summed E-state index contributed by atoms with van der Waals surface area (Å²) in [6, 6.07) is 4.27. The lowest BCUT2D eigenvalue weighted by molar-refractivity contribution is -0.139. The molecule has 9 heteroatoms. The molecule has 1 heterocycles. The Morgan fingerprint density at radius 1 is 1.10 bits per heavy atom. The van der Waals surface area contributed by atoms with E-state index in [1.807, 2.05) is 0 Å². The first-order valence-corrected chi connectivity index (χ1v) is 11.6. The molecule has 0 spiro atoms. The molecule has 1 aromatic heterocycles. The zero-order chi connectivity index (χ0) is 21.5. The Labute approximate surface area is 178 Å². The van der Waals surface area contributed by atoms with Gasteiger partial charge in [-0.1, -0.05) is 56.4 Å². The van der Waals surface area contributed by atoms with Crippen molar-refractivity contribution in [1.82, 2.24) is 10.2 Å². The summed E-state index contributed by atoms with van der Waals surface area (Å²) in [5.74, 6) is 0.666. The summed E-state index contributed by atoms with van der Waals surface area (Å²) in [7, 11) is 0. The molecule has 0 saturated heterocycles. The molecule has 0 radical (unpaired) electrons. The molecule has 0 aliphatic carbocycles. The molecule has 0 saturated carbocycles. The lowest BCUT2D eigenvalue weighted by Gasteiger charge is -2.16. The number of aliphatic hydroxyl groups excluding tert-OH is 1. The van der Waals surface area contributed by atoms with Gasteiger partial charge in [0.05, 0.1) is 17.7 Å². The second-order valence-electron chi connectivity index (χ2n) is 7.31. The lowest BCUT2D eigenvalue weighted by atomic mass is 10.1. The van der Waals surface area contributed by atoms with Crippen LogP contribution in [0.5, 0.6) is 0 Å². The van der Waals surface area contributed by atoms with Crippen molar-refractivity contribution < 1.29 is 18.3 Å². The van der Waals surface area contributed by atoms with Crippen LogP contribution < -0.4 is 5.73 Å². The van der Waals surface area contributed by atoms with Crippen LogP contribution in [0, 0.1) is 0 Å². The van der Waals surface area contributed by atoms with Crippen molar-refractivity contribution in [3.8, 4) is 10.6 Å². The number of benzene rings is 1. The number of nitrogens with zero attached hydrogens (tertiary/aromatic N) is 2. The molecule has 0 unspecified atom stereocenters. The molecule has 1 atom stereocenters. The predicted molar refractivity (Wildman–Crippen MR) is 113 cm³/mol. The number of hydrogen-bond acceptors (Lipinski definition) is 6. The predicted octanol–water partition coefficient (Wildman–Crippen LogP) is 5.84.